The first-order valence-electron chi connectivity index (χ1n) is 5.82. The Hall–Kier alpha value is -2.23. The maximum Gasteiger partial charge on any atom is 0.253 e. The van der Waals surface area contributed by atoms with Gasteiger partial charge in [0.1, 0.15) is 11.6 Å². The number of carbonyl (C=O) groups excluding carboxylic acids is 1. The number of halogens is 2. The van der Waals surface area contributed by atoms with Gasteiger partial charge in [-0.3, -0.25) is 4.79 Å². The molecule has 0 heterocycles. The number of carbonyl (C=O) groups is 1. The fourth-order valence-electron chi connectivity index (χ4n) is 1.79. The fourth-order valence-corrected chi connectivity index (χ4v) is 1.79. The Morgan fingerprint density at radius 2 is 1.74 bits per heavy atom. The summed E-state index contributed by atoms with van der Waals surface area (Å²) >= 11 is 0. The first kappa shape index (κ1) is 13.2. The van der Waals surface area contributed by atoms with Crippen molar-refractivity contribution in [2.24, 2.45) is 0 Å². The smallest absolute Gasteiger partial charge is 0.253 e. The van der Waals surface area contributed by atoms with Crippen LogP contribution in [0.2, 0.25) is 0 Å². The highest BCUT2D eigenvalue weighted by Crippen LogP contribution is 2.10. The van der Waals surface area contributed by atoms with Crippen LogP contribution in [-0.2, 0) is 6.54 Å². The topological polar surface area (TPSA) is 20.3 Å². The van der Waals surface area contributed by atoms with Crippen LogP contribution >= 0.6 is 0 Å². The van der Waals surface area contributed by atoms with E-state index in [1.807, 2.05) is 0 Å². The van der Waals surface area contributed by atoms with Crippen molar-refractivity contribution in [2.45, 2.75) is 6.54 Å². The minimum atomic E-state index is -0.385. The Bertz CT molecular complexity index is 581. The Balaban J connectivity index is 2.09. The monoisotopic (exact) mass is 261 g/mol. The highest BCUT2D eigenvalue weighted by Gasteiger charge is 2.12. The van der Waals surface area contributed by atoms with Gasteiger partial charge in [0.05, 0.1) is 0 Å². The Labute approximate surface area is 110 Å². The summed E-state index contributed by atoms with van der Waals surface area (Å²) in [6, 6.07) is 11.4. The molecule has 1 amide bonds. The standard InChI is InChI=1S/C15H13F2NO/c1-18(10-11-3-2-4-14(17)9-11)15(19)12-5-7-13(16)8-6-12/h2-9H,10H2,1H3. The zero-order chi connectivity index (χ0) is 13.8. The van der Waals surface area contributed by atoms with Crippen molar-refractivity contribution >= 4 is 5.91 Å². The zero-order valence-electron chi connectivity index (χ0n) is 10.4. The molecule has 0 aliphatic rings. The first-order chi connectivity index (χ1) is 9.06. The minimum absolute atomic E-state index is 0.232. The summed E-state index contributed by atoms with van der Waals surface area (Å²) in [7, 11) is 1.62. The van der Waals surface area contributed by atoms with Gasteiger partial charge in [0, 0.05) is 19.2 Å². The van der Waals surface area contributed by atoms with E-state index in [9.17, 15) is 13.6 Å². The summed E-state index contributed by atoms with van der Waals surface area (Å²) in [5.41, 5.74) is 1.11. The van der Waals surface area contributed by atoms with Crippen molar-refractivity contribution in [1.29, 1.82) is 0 Å². The van der Waals surface area contributed by atoms with Gasteiger partial charge in [-0.25, -0.2) is 8.78 Å². The number of hydrogen-bond donors (Lipinski definition) is 0. The van der Waals surface area contributed by atoms with Gasteiger partial charge in [-0.1, -0.05) is 12.1 Å². The Morgan fingerprint density at radius 3 is 2.37 bits per heavy atom. The maximum atomic E-state index is 13.0. The third kappa shape index (κ3) is 3.37. The summed E-state index contributed by atoms with van der Waals surface area (Å²) in [6.07, 6.45) is 0. The lowest BCUT2D eigenvalue weighted by Crippen LogP contribution is -2.26. The second-order valence-corrected chi connectivity index (χ2v) is 4.30. The number of rotatable bonds is 3. The molecule has 2 aromatic rings. The van der Waals surface area contributed by atoms with Crippen LogP contribution in [0, 0.1) is 11.6 Å². The van der Waals surface area contributed by atoms with Gasteiger partial charge < -0.3 is 4.90 Å². The summed E-state index contributed by atoms with van der Waals surface area (Å²) < 4.78 is 25.8. The van der Waals surface area contributed by atoms with Crippen molar-refractivity contribution in [3.05, 3.63) is 71.3 Å². The molecule has 0 fully saturated rings. The summed E-state index contributed by atoms with van der Waals surface area (Å²) in [5.74, 6) is -0.950. The van der Waals surface area contributed by atoms with Gasteiger partial charge in [0.15, 0.2) is 0 Å². The third-order valence-electron chi connectivity index (χ3n) is 2.75. The lowest BCUT2D eigenvalue weighted by Gasteiger charge is -2.17. The van der Waals surface area contributed by atoms with E-state index in [1.165, 1.54) is 41.3 Å². The van der Waals surface area contributed by atoms with Gasteiger partial charge in [-0.2, -0.15) is 0 Å². The average molecular weight is 261 g/mol. The van der Waals surface area contributed by atoms with E-state index in [0.717, 1.165) is 0 Å². The third-order valence-corrected chi connectivity index (χ3v) is 2.75. The van der Waals surface area contributed by atoms with E-state index in [-0.39, 0.29) is 17.5 Å². The van der Waals surface area contributed by atoms with E-state index in [1.54, 1.807) is 19.2 Å². The van der Waals surface area contributed by atoms with Crippen LogP contribution < -0.4 is 0 Å². The minimum Gasteiger partial charge on any atom is -0.337 e. The van der Waals surface area contributed by atoms with Gasteiger partial charge in [-0.15, -0.1) is 0 Å². The maximum absolute atomic E-state index is 13.0. The summed E-state index contributed by atoms with van der Waals surface area (Å²) in [5, 5.41) is 0. The Kier molecular flexibility index (Phi) is 3.90. The molecule has 0 aliphatic carbocycles. The van der Waals surface area contributed by atoms with Crippen molar-refractivity contribution < 1.29 is 13.6 Å². The molecule has 0 spiro atoms. The highest BCUT2D eigenvalue weighted by atomic mass is 19.1. The quantitative estimate of drug-likeness (QED) is 0.830. The van der Waals surface area contributed by atoms with E-state index in [4.69, 9.17) is 0 Å². The molecule has 0 bridgehead atoms. The number of amides is 1. The molecule has 98 valence electrons. The lowest BCUT2D eigenvalue weighted by atomic mass is 10.1. The molecule has 0 saturated carbocycles. The van der Waals surface area contributed by atoms with Crippen LogP contribution in [-0.4, -0.2) is 17.9 Å². The SMILES string of the molecule is CN(Cc1cccc(F)c1)C(=O)c1ccc(F)cc1. The van der Waals surface area contributed by atoms with Gasteiger partial charge in [-0.05, 0) is 42.0 Å². The zero-order valence-corrected chi connectivity index (χ0v) is 10.4. The predicted molar refractivity (Wildman–Crippen MR) is 68.6 cm³/mol. The summed E-state index contributed by atoms with van der Waals surface area (Å²) in [4.78, 5) is 13.5. The molecule has 0 aliphatic heterocycles. The second kappa shape index (κ2) is 5.61. The first-order valence-corrected chi connectivity index (χ1v) is 5.82. The highest BCUT2D eigenvalue weighted by molar-refractivity contribution is 5.93. The van der Waals surface area contributed by atoms with Gasteiger partial charge in [0.25, 0.3) is 5.91 Å². The largest absolute Gasteiger partial charge is 0.337 e. The van der Waals surface area contributed by atoms with Crippen molar-refractivity contribution in [3.63, 3.8) is 0 Å². The van der Waals surface area contributed by atoms with Crippen LogP contribution in [0.15, 0.2) is 48.5 Å². The van der Waals surface area contributed by atoms with E-state index in [0.29, 0.717) is 17.7 Å². The van der Waals surface area contributed by atoms with Crippen LogP contribution in [0.4, 0.5) is 8.78 Å². The van der Waals surface area contributed by atoms with E-state index >= 15 is 0 Å². The normalized spacial score (nSPS) is 10.3. The Morgan fingerprint density at radius 1 is 1.05 bits per heavy atom. The van der Waals surface area contributed by atoms with E-state index < -0.39 is 0 Å². The van der Waals surface area contributed by atoms with Crippen molar-refractivity contribution in [3.8, 4) is 0 Å². The molecule has 19 heavy (non-hydrogen) atoms. The fraction of sp³-hybridized carbons (Fsp3) is 0.133. The molecule has 0 saturated heterocycles. The molecule has 0 atom stereocenters. The molecule has 4 heteroatoms. The van der Waals surface area contributed by atoms with Crippen LogP contribution in [0.1, 0.15) is 15.9 Å². The molecular formula is C15H13F2NO. The molecule has 0 radical (unpaired) electrons. The molecule has 2 rings (SSSR count). The second-order valence-electron chi connectivity index (χ2n) is 4.30. The van der Waals surface area contributed by atoms with Crippen molar-refractivity contribution in [2.75, 3.05) is 7.05 Å². The lowest BCUT2D eigenvalue weighted by molar-refractivity contribution is 0.0785. The predicted octanol–water partition coefficient (Wildman–Crippen LogP) is 3.24. The molecule has 0 aromatic heterocycles. The van der Waals surface area contributed by atoms with Crippen molar-refractivity contribution in [1.82, 2.24) is 4.90 Å². The molecule has 0 N–H and O–H groups in total. The van der Waals surface area contributed by atoms with Gasteiger partial charge in [0.2, 0.25) is 0 Å². The van der Waals surface area contributed by atoms with Crippen LogP contribution in [0.3, 0.4) is 0 Å². The van der Waals surface area contributed by atoms with Crippen LogP contribution in [0.25, 0.3) is 0 Å². The number of benzene rings is 2. The van der Waals surface area contributed by atoms with Gasteiger partial charge >= 0.3 is 0 Å². The molecular weight excluding hydrogens is 248 g/mol. The summed E-state index contributed by atoms with van der Waals surface area (Å²) in [6.45, 7) is 0.300. The van der Waals surface area contributed by atoms with E-state index in [2.05, 4.69) is 0 Å². The molecule has 0 unspecified atom stereocenters. The number of hydrogen-bond acceptors (Lipinski definition) is 1. The molecule has 2 nitrogen and oxygen atoms in total. The average Bonchev–Trinajstić information content (AvgIpc) is 2.39. The van der Waals surface area contributed by atoms with Crippen LogP contribution in [0.5, 0.6) is 0 Å². The number of nitrogens with zero attached hydrogens (tertiary/aromatic N) is 1. The molecule has 2 aromatic carbocycles.